The van der Waals surface area contributed by atoms with Crippen molar-refractivity contribution in [3.05, 3.63) is 12.2 Å². The molecule has 0 aromatic carbocycles. The maximum absolute atomic E-state index is 12.4. The molecule has 0 aliphatic heterocycles. The van der Waals surface area contributed by atoms with Crippen molar-refractivity contribution in [2.45, 2.75) is 103 Å². The van der Waals surface area contributed by atoms with Crippen molar-refractivity contribution in [3.63, 3.8) is 0 Å². The van der Waals surface area contributed by atoms with Crippen LogP contribution in [0, 0.1) is 17.8 Å². The minimum absolute atomic E-state index is 0.105. The quantitative estimate of drug-likeness (QED) is 0.377. The van der Waals surface area contributed by atoms with Crippen molar-refractivity contribution in [2.24, 2.45) is 17.8 Å². The van der Waals surface area contributed by atoms with Gasteiger partial charge in [0, 0.05) is 0 Å². The highest BCUT2D eigenvalue weighted by molar-refractivity contribution is 5.72. The van der Waals surface area contributed by atoms with Gasteiger partial charge < -0.3 is 4.74 Å². The van der Waals surface area contributed by atoms with Crippen molar-refractivity contribution in [1.82, 2.24) is 0 Å². The molecule has 0 heterocycles. The molecule has 2 nitrogen and oxygen atoms in total. The molecular weight excluding hydrogens is 296 g/mol. The molecule has 0 amide bonds. The van der Waals surface area contributed by atoms with E-state index in [9.17, 15) is 4.79 Å². The first kappa shape index (κ1) is 19.5. The van der Waals surface area contributed by atoms with Crippen LogP contribution < -0.4 is 0 Å². The Hall–Kier alpha value is -0.790. The molecule has 0 N–H and O–H groups in total. The summed E-state index contributed by atoms with van der Waals surface area (Å²) in [6.07, 6.45) is 20.4. The van der Waals surface area contributed by atoms with Gasteiger partial charge in [-0.3, -0.25) is 4.79 Å². The van der Waals surface area contributed by atoms with Gasteiger partial charge in [-0.1, -0.05) is 51.7 Å². The van der Waals surface area contributed by atoms with Crippen molar-refractivity contribution < 1.29 is 9.53 Å². The van der Waals surface area contributed by atoms with E-state index in [2.05, 4.69) is 26.0 Å². The highest BCUT2D eigenvalue weighted by Crippen LogP contribution is 2.34. The molecule has 0 aromatic heterocycles. The fraction of sp³-hybridized carbons (Fsp3) is 0.864. The monoisotopic (exact) mass is 334 g/mol. The highest BCUT2D eigenvalue weighted by atomic mass is 16.5. The fourth-order valence-electron chi connectivity index (χ4n) is 4.29. The smallest absolute Gasteiger partial charge is 0.309 e. The highest BCUT2D eigenvalue weighted by Gasteiger charge is 2.30. The van der Waals surface area contributed by atoms with Crippen LogP contribution >= 0.6 is 0 Å². The van der Waals surface area contributed by atoms with Gasteiger partial charge in [0.2, 0.25) is 0 Å². The van der Waals surface area contributed by atoms with Crippen LogP contribution in [0.2, 0.25) is 0 Å². The summed E-state index contributed by atoms with van der Waals surface area (Å²) in [7, 11) is 0. The average Bonchev–Trinajstić information content (AvgIpc) is 2.62. The molecular formula is C22H38O2. The van der Waals surface area contributed by atoms with Crippen molar-refractivity contribution in [3.8, 4) is 0 Å². The molecule has 0 unspecified atom stereocenters. The fourth-order valence-corrected chi connectivity index (χ4v) is 4.29. The Morgan fingerprint density at radius 1 is 0.958 bits per heavy atom. The third kappa shape index (κ3) is 6.61. The number of unbranched alkanes of at least 4 members (excludes halogenated alkanes) is 2. The van der Waals surface area contributed by atoms with Crippen LogP contribution in [0.5, 0.6) is 0 Å². The molecule has 0 aromatic rings. The van der Waals surface area contributed by atoms with Gasteiger partial charge in [-0.05, 0) is 69.6 Å². The maximum Gasteiger partial charge on any atom is 0.309 e. The predicted molar refractivity (Wildman–Crippen MR) is 101 cm³/mol. The molecule has 2 aliphatic rings. The van der Waals surface area contributed by atoms with Crippen LogP contribution in [-0.4, -0.2) is 12.1 Å². The van der Waals surface area contributed by atoms with Crippen molar-refractivity contribution >= 4 is 5.97 Å². The van der Waals surface area contributed by atoms with E-state index in [0.29, 0.717) is 5.92 Å². The summed E-state index contributed by atoms with van der Waals surface area (Å²) in [6, 6.07) is 0. The number of allylic oxidation sites excluding steroid dienone is 2. The van der Waals surface area contributed by atoms with Gasteiger partial charge in [0.25, 0.3) is 0 Å². The van der Waals surface area contributed by atoms with Gasteiger partial charge >= 0.3 is 5.97 Å². The topological polar surface area (TPSA) is 26.3 Å². The minimum Gasteiger partial charge on any atom is -0.462 e. The van der Waals surface area contributed by atoms with E-state index in [4.69, 9.17) is 4.74 Å². The van der Waals surface area contributed by atoms with Gasteiger partial charge in [0.05, 0.1) is 5.92 Å². The number of rotatable bonds is 8. The first-order valence-electron chi connectivity index (χ1n) is 10.6. The first-order chi connectivity index (χ1) is 11.7. The lowest BCUT2D eigenvalue weighted by molar-refractivity contribution is -0.157. The molecule has 2 heteroatoms. The molecule has 2 fully saturated rings. The van der Waals surface area contributed by atoms with Crippen LogP contribution in [0.4, 0.5) is 0 Å². The average molecular weight is 335 g/mol. The van der Waals surface area contributed by atoms with Gasteiger partial charge in [-0.2, -0.15) is 0 Å². The number of hydrogen-bond acceptors (Lipinski definition) is 2. The summed E-state index contributed by atoms with van der Waals surface area (Å²) in [5.74, 6) is 1.86. The number of carbonyl (C=O) groups is 1. The molecule has 0 saturated heterocycles. The van der Waals surface area contributed by atoms with Gasteiger partial charge in [0.1, 0.15) is 6.10 Å². The molecule has 2 aliphatic carbocycles. The van der Waals surface area contributed by atoms with E-state index in [1.165, 1.54) is 57.8 Å². The van der Waals surface area contributed by atoms with E-state index < -0.39 is 0 Å². The van der Waals surface area contributed by atoms with E-state index >= 15 is 0 Å². The largest absolute Gasteiger partial charge is 0.462 e. The Morgan fingerprint density at radius 3 is 2.29 bits per heavy atom. The summed E-state index contributed by atoms with van der Waals surface area (Å²) in [5.41, 5.74) is 0. The van der Waals surface area contributed by atoms with E-state index in [-0.39, 0.29) is 18.0 Å². The third-order valence-electron chi connectivity index (χ3n) is 6.01. The van der Waals surface area contributed by atoms with Crippen molar-refractivity contribution in [1.29, 1.82) is 0 Å². The normalized spacial score (nSPS) is 31.2. The molecule has 2 rings (SSSR count). The zero-order valence-corrected chi connectivity index (χ0v) is 16.0. The third-order valence-corrected chi connectivity index (χ3v) is 6.01. The van der Waals surface area contributed by atoms with Crippen LogP contribution in [0.15, 0.2) is 12.2 Å². The Balaban J connectivity index is 1.63. The van der Waals surface area contributed by atoms with E-state index in [0.717, 1.165) is 31.6 Å². The zero-order valence-electron chi connectivity index (χ0n) is 16.0. The SMILES string of the molecule is CCCC=C[C@H]1CC[C@H](OC(=O)[C@H]2CC[C@H](CCCC)CC2)CC1. The van der Waals surface area contributed by atoms with E-state index in [1.807, 2.05) is 0 Å². The van der Waals surface area contributed by atoms with Crippen molar-refractivity contribution in [2.75, 3.05) is 0 Å². The Bertz CT molecular complexity index is 371. The number of esters is 1. The summed E-state index contributed by atoms with van der Waals surface area (Å²) in [4.78, 5) is 12.4. The van der Waals surface area contributed by atoms with Crippen LogP contribution in [0.1, 0.15) is 97.3 Å². The second-order valence-electron chi connectivity index (χ2n) is 8.05. The Morgan fingerprint density at radius 2 is 1.67 bits per heavy atom. The minimum atomic E-state index is 0.105. The first-order valence-corrected chi connectivity index (χ1v) is 10.6. The van der Waals surface area contributed by atoms with Crippen LogP contribution in [-0.2, 0) is 9.53 Å². The summed E-state index contributed by atoms with van der Waals surface area (Å²) in [5, 5.41) is 0. The second kappa shape index (κ2) is 10.9. The van der Waals surface area contributed by atoms with Crippen LogP contribution in [0.3, 0.4) is 0 Å². The van der Waals surface area contributed by atoms with Crippen LogP contribution in [0.25, 0.3) is 0 Å². The molecule has 0 spiro atoms. The molecule has 0 bridgehead atoms. The molecule has 0 radical (unpaired) electrons. The lowest BCUT2D eigenvalue weighted by Crippen LogP contribution is -2.29. The maximum atomic E-state index is 12.4. The molecule has 138 valence electrons. The summed E-state index contributed by atoms with van der Waals surface area (Å²) in [6.45, 7) is 4.48. The molecule has 24 heavy (non-hydrogen) atoms. The lowest BCUT2D eigenvalue weighted by Gasteiger charge is -2.31. The standard InChI is InChI=1S/C22H38O2/c1-3-5-7-9-19-12-16-21(17-13-19)24-22(23)20-14-10-18(11-15-20)8-6-4-2/h7,9,18-21H,3-6,8,10-17H2,1-2H3/t18-,19-,20-,21-. The van der Waals surface area contributed by atoms with E-state index in [1.54, 1.807) is 0 Å². The number of ether oxygens (including phenoxy) is 1. The number of carbonyl (C=O) groups excluding carboxylic acids is 1. The summed E-state index contributed by atoms with van der Waals surface area (Å²) < 4.78 is 5.86. The predicted octanol–water partition coefficient (Wildman–Crippen LogP) is 6.44. The zero-order chi connectivity index (χ0) is 17.2. The van der Waals surface area contributed by atoms with Gasteiger partial charge in [-0.15, -0.1) is 0 Å². The lowest BCUT2D eigenvalue weighted by atomic mass is 9.80. The number of hydrogen-bond donors (Lipinski definition) is 0. The van der Waals surface area contributed by atoms with Gasteiger partial charge in [-0.25, -0.2) is 0 Å². The van der Waals surface area contributed by atoms with Gasteiger partial charge in [0.15, 0.2) is 0 Å². The Labute approximate surface area is 149 Å². The second-order valence-corrected chi connectivity index (χ2v) is 8.05. The summed E-state index contributed by atoms with van der Waals surface area (Å²) >= 11 is 0. The molecule has 2 saturated carbocycles. The molecule has 0 atom stereocenters. The Kier molecular flexibility index (Phi) is 8.91.